The lowest BCUT2D eigenvalue weighted by molar-refractivity contribution is 0.485. The zero-order valence-corrected chi connectivity index (χ0v) is 9.74. The van der Waals surface area contributed by atoms with Crippen LogP contribution in [0.2, 0.25) is 0 Å². The van der Waals surface area contributed by atoms with Gasteiger partial charge in [-0.1, -0.05) is 0 Å². The van der Waals surface area contributed by atoms with Gasteiger partial charge in [-0.05, 0) is 50.5 Å². The molecule has 1 fully saturated rings. The van der Waals surface area contributed by atoms with Gasteiger partial charge < -0.3 is 10.6 Å². The Balaban J connectivity index is 2.17. The molecular formula is C13H19N3. The Hall–Kier alpha value is -1.51. The van der Waals surface area contributed by atoms with E-state index in [0.717, 1.165) is 12.1 Å². The third-order valence-electron chi connectivity index (χ3n) is 3.31. The van der Waals surface area contributed by atoms with Gasteiger partial charge in [-0.2, -0.15) is 0 Å². The van der Waals surface area contributed by atoms with E-state index in [1.54, 1.807) is 0 Å². The zero-order valence-electron chi connectivity index (χ0n) is 9.74. The molecule has 1 aromatic carbocycles. The maximum Gasteiger partial charge on any atom is 0.122 e. The number of amidine groups is 1. The molecule has 0 saturated carbocycles. The van der Waals surface area contributed by atoms with Gasteiger partial charge in [0.2, 0.25) is 0 Å². The third-order valence-corrected chi connectivity index (χ3v) is 3.31. The molecule has 1 aliphatic rings. The fourth-order valence-electron chi connectivity index (χ4n) is 2.31. The first-order valence-corrected chi connectivity index (χ1v) is 5.89. The summed E-state index contributed by atoms with van der Waals surface area (Å²) in [5.41, 5.74) is 7.49. The number of nitrogens with two attached hydrogens (primary N) is 1. The summed E-state index contributed by atoms with van der Waals surface area (Å²) < 4.78 is 0. The molecule has 1 saturated heterocycles. The number of nitrogen functional groups attached to an aromatic ring is 1. The molecule has 1 aliphatic heterocycles. The predicted molar refractivity (Wildman–Crippen MR) is 68.1 cm³/mol. The van der Waals surface area contributed by atoms with Crippen molar-refractivity contribution < 1.29 is 0 Å². The van der Waals surface area contributed by atoms with Crippen molar-refractivity contribution in [1.29, 1.82) is 5.41 Å². The van der Waals surface area contributed by atoms with Crippen molar-refractivity contribution in [2.24, 2.45) is 5.73 Å². The molecule has 0 aliphatic carbocycles. The van der Waals surface area contributed by atoms with Crippen LogP contribution in [-0.2, 0) is 0 Å². The average molecular weight is 217 g/mol. The molecule has 0 amide bonds. The smallest absolute Gasteiger partial charge is 0.122 e. The maximum absolute atomic E-state index is 7.35. The first-order chi connectivity index (χ1) is 7.68. The molecule has 0 aromatic heterocycles. The number of nitrogens with zero attached hydrogens (tertiary/aromatic N) is 1. The van der Waals surface area contributed by atoms with Gasteiger partial charge in [-0.3, -0.25) is 5.41 Å². The summed E-state index contributed by atoms with van der Waals surface area (Å²) in [6, 6.07) is 8.62. The molecule has 86 valence electrons. The zero-order chi connectivity index (χ0) is 11.5. The summed E-state index contributed by atoms with van der Waals surface area (Å²) >= 11 is 0. The minimum Gasteiger partial charge on any atom is -0.384 e. The molecule has 1 atom stereocenters. The molecular weight excluding hydrogens is 198 g/mol. The van der Waals surface area contributed by atoms with E-state index in [1.807, 2.05) is 12.1 Å². The van der Waals surface area contributed by atoms with Gasteiger partial charge in [0.15, 0.2) is 0 Å². The van der Waals surface area contributed by atoms with E-state index in [4.69, 9.17) is 11.1 Å². The summed E-state index contributed by atoms with van der Waals surface area (Å²) in [5.74, 6) is 0.137. The number of benzene rings is 1. The molecule has 3 N–H and O–H groups in total. The number of hydrogen-bond donors (Lipinski definition) is 2. The van der Waals surface area contributed by atoms with Gasteiger partial charge in [0.05, 0.1) is 0 Å². The van der Waals surface area contributed by atoms with Gasteiger partial charge in [0.25, 0.3) is 0 Å². The molecule has 16 heavy (non-hydrogen) atoms. The van der Waals surface area contributed by atoms with Crippen molar-refractivity contribution in [2.45, 2.75) is 32.2 Å². The second-order valence-electron chi connectivity index (χ2n) is 4.50. The largest absolute Gasteiger partial charge is 0.384 e. The van der Waals surface area contributed by atoms with E-state index in [1.165, 1.54) is 24.9 Å². The standard InChI is InChI=1S/C13H19N3/c1-10-4-2-3-9-16(10)12-7-5-11(6-8-12)13(14)15/h5-8,10H,2-4,9H2,1H3,(H3,14,15). The second kappa shape index (κ2) is 4.56. The Labute approximate surface area is 96.8 Å². The fraction of sp³-hybridized carbons (Fsp3) is 0.462. The Kier molecular flexibility index (Phi) is 3.13. The molecule has 1 aromatic rings. The van der Waals surface area contributed by atoms with Crippen molar-refractivity contribution in [1.82, 2.24) is 0 Å². The highest BCUT2D eigenvalue weighted by Gasteiger charge is 2.18. The normalized spacial score (nSPS) is 20.8. The highest BCUT2D eigenvalue weighted by atomic mass is 15.2. The van der Waals surface area contributed by atoms with Crippen LogP contribution in [0, 0.1) is 5.41 Å². The van der Waals surface area contributed by atoms with Crippen LogP contribution in [0.25, 0.3) is 0 Å². The molecule has 0 bridgehead atoms. The highest BCUT2D eigenvalue weighted by molar-refractivity contribution is 5.95. The lowest BCUT2D eigenvalue weighted by atomic mass is 10.0. The monoisotopic (exact) mass is 217 g/mol. The van der Waals surface area contributed by atoms with Gasteiger partial charge >= 0.3 is 0 Å². The predicted octanol–water partition coefficient (Wildman–Crippen LogP) is 2.35. The maximum atomic E-state index is 7.35. The molecule has 1 unspecified atom stereocenters. The van der Waals surface area contributed by atoms with E-state index in [9.17, 15) is 0 Å². The van der Waals surface area contributed by atoms with Gasteiger partial charge in [0, 0.05) is 23.8 Å². The highest BCUT2D eigenvalue weighted by Crippen LogP contribution is 2.24. The van der Waals surface area contributed by atoms with Crippen LogP contribution in [-0.4, -0.2) is 18.4 Å². The van der Waals surface area contributed by atoms with Crippen LogP contribution >= 0.6 is 0 Å². The van der Waals surface area contributed by atoms with Crippen molar-refractivity contribution in [3.05, 3.63) is 29.8 Å². The Morgan fingerprint density at radius 1 is 1.31 bits per heavy atom. The number of anilines is 1. The van der Waals surface area contributed by atoms with Gasteiger partial charge in [0.1, 0.15) is 5.84 Å². The van der Waals surface area contributed by atoms with E-state index in [2.05, 4.69) is 24.0 Å². The lowest BCUT2D eigenvalue weighted by Gasteiger charge is -2.35. The Morgan fingerprint density at radius 2 is 2.00 bits per heavy atom. The molecule has 0 spiro atoms. The van der Waals surface area contributed by atoms with Crippen molar-refractivity contribution in [3.63, 3.8) is 0 Å². The van der Waals surface area contributed by atoms with Crippen molar-refractivity contribution in [3.8, 4) is 0 Å². The van der Waals surface area contributed by atoms with Gasteiger partial charge in [-0.25, -0.2) is 0 Å². The van der Waals surface area contributed by atoms with Crippen LogP contribution in [0.4, 0.5) is 5.69 Å². The SMILES string of the molecule is CC1CCCCN1c1ccc(C(=N)N)cc1. The fourth-order valence-corrected chi connectivity index (χ4v) is 2.31. The van der Waals surface area contributed by atoms with E-state index in [0.29, 0.717) is 6.04 Å². The van der Waals surface area contributed by atoms with Crippen LogP contribution in [0.1, 0.15) is 31.7 Å². The third kappa shape index (κ3) is 2.18. The van der Waals surface area contributed by atoms with Crippen molar-refractivity contribution >= 4 is 11.5 Å². The summed E-state index contributed by atoms with van der Waals surface area (Å²) in [5, 5.41) is 7.35. The average Bonchev–Trinajstić information content (AvgIpc) is 2.30. The second-order valence-corrected chi connectivity index (χ2v) is 4.50. The molecule has 3 nitrogen and oxygen atoms in total. The quantitative estimate of drug-likeness (QED) is 0.590. The van der Waals surface area contributed by atoms with Crippen LogP contribution in [0.15, 0.2) is 24.3 Å². The Bertz CT molecular complexity index is 369. The molecule has 0 radical (unpaired) electrons. The topological polar surface area (TPSA) is 53.1 Å². The van der Waals surface area contributed by atoms with Crippen molar-refractivity contribution in [2.75, 3.05) is 11.4 Å². The molecule has 2 rings (SSSR count). The summed E-state index contributed by atoms with van der Waals surface area (Å²) in [6.45, 7) is 3.42. The van der Waals surface area contributed by atoms with Crippen LogP contribution < -0.4 is 10.6 Å². The number of rotatable bonds is 2. The molecule has 1 heterocycles. The summed E-state index contributed by atoms with van der Waals surface area (Å²) in [6.07, 6.45) is 3.89. The van der Waals surface area contributed by atoms with Crippen LogP contribution in [0.5, 0.6) is 0 Å². The number of hydrogen-bond acceptors (Lipinski definition) is 2. The number of piperidine rings is 1. The van der Waals surface area contributed by atoms with E-state index < -0.39 is 0 Å². The van der Waals surface area contributed by atoms with E-state index in [-0.39, 0.29) is 5.84 Å². The minimum atomic E-state index is 0.137. The minimum absolute atomic E-state index is 0.137. The number of nitrogens with one attached hydrogen (secondary N) is 1. The Morgan fingerprint density at radius 3 is 2.56 bits per heavy atom. The first-order valence-electron chi connectivity index (χ1n) is 5.89. The first kappa shape index (κ1) is 11.0. The van der Waals surface area contributed by atoms with Gasteiger partial charge in [-0.15, -0.1) is 0 Å². The molecule has 3 heteroatoms. The summed E-state index contributed by atoms with van der Waals surface area (Å²) in [4.78, 5) is 2.44. The lowest BCUT2D eigenvalue weighted by Crippen LogP contribution is -2.37. The van der Waals surface area contributed by atoms with E-state index >= 15 is 0 Å². The van der Waals surface area contributed by atoms with Crippen LogP contribution in [0.3, 0.4) is 0 Å². The summed E-state index contributed by atoms with van der Waals surface area (Å²) in [7, 11) is 0.